The van der Waals surface area contributed by atoms with Gasteiger partial charge >= 0.3 is 0 Å². The smallest absolute Gasteiger partial charge is 0.292 e. The fourth-order valence-electron chi connectivity index (χ4n) is 3.12. The number of carbonyl (C=O) groups excluding carboxylic acids is 1. The molecule has 0 spiro atoms. The molecule has 0 atom stereocenters. The molecule has 3 rings (SSSR count). The Hall–Kier alpha value is -2.19. The van der Waals surface area contributed by atoms with Gasteiger partial charge in [-0.3, -0.25) is 14.9 Å². The minimum atomic E-state index is -0.377. The van der Waals surface area contributed by atoms with Crippen LogP contribution >= 0.6 is 0 Å². The average molecular weight is 321 g/mol. The maximum atomic E-state index is 12.1. The normalized spacial score (nSPS) is 18.0. The van der Waals surface area contributed by atoms with E-state index in [1.54, 1.807) is 12.1 Å². The van der Waals surface area contributed by atoms with Gasteiger partial charge in [0.25, 0.3) is 5.69 Å². The monoisotopic (exact) mass is 321 g/mol. The molecule has 2 heterocycles. The van der Waals surface area contributed by atoms with E-state index in [4.69, 9.17) is 4.74 Å². The van der Waals surface area contributed by atoms with Crippen LogP contribution in [0.15, 0.2) is 12.1 Å². The lowest BCUT2D eigenvalue weighted by atomic mass is 9.99. The lowest BCUT2D eigenvalue weighted by Crippen LogP contribution is -2.39. The van der Waals surface area contributed by atoms with Gasteiger partial charge in [-0.25, -0.2) is 0 Å². The van der Waals surface area contributed by atoms with E-state index in [9.17, 15) is 20.0 Å². The number of amides is 1. The van der Waals surface area contributed by atoms with Crippen molar-refractivity contribution in [1.29, 1.82) is 0 Å². The Labute approximate surface area is 133 Å². The van der Waals surface area contributed by atoms with Crippen LogP contribution in [0.4, 0.5) is 17.1 Å². The van der Waals surface area contributed by atoms with Crippen LogP contribution in [0.3, 0.4) is 0 Å². The van der Waals surface area contributed by atoms with E-state index in [1.165, 1.54) is 4.90 Å². The summed E-state index contributed by atoms with van der Waals surface area (Å²) < 4.78 is 5.30. The number of morpholine rings is 1. The number of aryl methyl sites for hydroxylation is 1. The summed E-state index contributed by atoms with van der Waals surface area (Å²) in [5, 5.41) is 20.6. The molecule has 8 heteroatoms. The van der Waals surface area contributed by atoms with Crippen molar-refractivity contribution in [1.82, 2.24) is 0 Å². The molecule has 2 aliphatic heterocycles. The number of hydrogen-bond acceptors (Lipinski definition) is 6. The van der Waals surface area contributed by atoms with Crippen molar-refractivity contribution < 1.29 is 19.6 Å². The minimum Gasteiger partial charge on any atom is -0.395 e. The first-order valence-corrected chi connectivity index (χ1v) is 7.67. The number of anilines is 2. The lowest BCUT2D eigenvalue weighted by Gasteiger charge is -2.33. The highest BCUT2D eigenvalue weighted by Gasteiger charge is 2.30. The zero-order chi connectivity index (χ0) is 16.4. The van der Waals surface area contributed by atoms with Crippen LogP contribution in [0, 0.1) is 10.1 Å². The fraction of sp³-hybridized carbons (Fsp3) is 0.533. The number of fused-ring (bicyclic) bond motifs is 1. The van der Waals surface area contributed by atoms with Crippen molar-refractivity contribution >= 4 is 23.0 Å². The third-order valence-electron chi connectivity index (χ3n) is 4.25. The highest BCUT2D eigenvalue weighted by atomic mass is 16.6. The number of β-amino-alcohol motifs (C(OH)–C–C–N with tert-alkyl or cyclic N) is 1. The Morgan fingerprint density at radius 2 is 1.96 bits per heavy atom. The van der Waals surface area contributed by atoms with Crippen LogP contribution in [-0.2, 0) is 16.0 Å². The van der Waals surface area contributed by atoms with E-state index >= 15 is 0 Å². The van der Waals surface area contributed by atoms with E-state index in [2.05, 4.69) is 0 Å². The van der Waals surface area contributed by atoms with E-state index in [0.717, 1.165) is 5.56 Å². The highest BCUT2D eigenvalue weighted by Crippen LogP contribution is 2.38. The molecular formula is C15H19N3O5. The summed E-state index contributed by atoms with van der Waals surface area (Å²) in [5.41, 5.74) is 2.02. The third-order valence-corrected chi connectivity index (χ3v) is 4.25. The van der Waals surface area contributed by atoms with Gasteiger partial charge in [0.05, 0.1) is 24.7 Å². The van der Waals surface area contributed by atoms with Gasteiger partial charge in [0.2, 0.25) is 5.91 Å². The predicted molar refractivity (Wildman–Crippen MR) is 83.9 cm³/mol. The largest absolute Gasteiger partial charge is 0.395 e. The van der Waals surface area contributed by atoms with Gasteiger partial charge in [-0.05, 0) is 18.1 Å². The van der Waals surface area contributed by atoms with Crippen LogP contribution < -0.4 is 9.80 Å². The molecule has 0 aliphatic carbocycles. The van der Waals surface area contributed by atoms with Gasteiger partial charge < -0.3 is 19.6 Å². The topological polar surface area (TPSA) is 96.1 Å². The van der Waals surface area contributed by atoms with Crippen molar-refractivity contribution in [3.05, 3.63) is 27.8 Å². The molecule has 0 unspecified atom stereocenters. The van der Waals surface area contributed by atoms with Crippen LogP contribution in [0.5, 0.6) is 0 Å². The number of rotatable bonds is 4. The maximum absolute atomic E-state index is 12.1. The number of ether oxygens (including phenoxy) is 1. The zero-order valence-electron chi connectivity index (χ0n) is 12.7. The average Bonchev–Trinajstić information content (AvgIpc) is 2.57. The number of nitro benzene ring substituents is 1. The number of hydrogen-bond donors (Lipinski definition) is 1. The van der Waals surface area contributed by atoms with Gasteiger partial charge in [0.15, 0.2) is 0 Å². The second kappa shape index (κ2) is 6.51. The molecule has 23 heavy (non-hydrogen) atoms. The predicted octanol–water partition coefficient (Wildman–Crippen LogP) is 0.703. The molecule has 8 nitrogen and oxygen atoms in total. The second-order valence-electron chi connectivity index (χ2n) is 5.60. The first-order valence-electron chi connectivity index (χ1n) is 7.67. The molecular weight excluding hydrogens is 302 g/mol. The Morgan fingerprint density at radius 3 is 2.61 bits per heavy atom. The van der Waals surface area contributed by atoms with E-state index in [1.807, 2.05) is 4.90 Å². The van der Waals surface area contributed by atoms with E-state index in [0.29, 0.717) is 50.5 Å². The van der Waals surface area contributed by atoms with Crippen molar-refractivity contribution in [3.8, 4) is 0 Å². The molecule has 1 fully saturated rings. The second-order valence-corrected chi connectivity index (χ2v) is 5.60. The number of nitro groups is 1. The number of carbonyl (C=O) groups is 1. The first kappa shape index (κ1) is 15.7. The molecule has 0 aromatic heterocycles. The quantitative estimate of drug-likeness (QED) is 0.648. The highest BCUT2D eigenvalue weighted by molar-refractivity contribution is 5.97. The Balaban J connectivity index is 2.07. The lowest BCUT2D eigenvalue weighted by molar-refractivity contribution is -0.384. The SMILES string of the molecule is O=C1CCc2cc([N+](=O)[O-])c(N3CCOCC3)cc2N1CCO. The van der Waals surface area contributed by atoms with Crippen LogP contribution in [0.25, 0.3) is 0 Å². The van der Waals surface area contributed by atoms with Crippen molar-refractivity contribution in [2.24, 2.45) is 0 Å². The van der Waals surface area contributed by atoms with Crippen LogP contribution in [0.1, 0.15) is 12.0 Å². The number of benzene rings is 1. The minimum absolute atomic E-state index is 0.0592. The summed E-state index contributed by atoms with van der Waals surface area (Å²) in [4.78, 5) is 26.6. The Morgan fingerprint density at radius 1 is 1.22 bits per heavy atom. The fourth-order valence-corrected chi connectivity index (χ4v) is 3.12. The molecule has 1 amide bonds. The molecule has 0 saturated carbocycles. The maximum Gasteiger partial charge on any atom is 0.292 e. The summed E-state index contributed by atoms with van der Waals surface area (Å²) in [7, 11) is 0. The summed E-state index contributed by atoms with van der Waals surface area (Å²) >= 11 is 0. The van der Waals surface area contributed by atoms with E-state index in [-0.39, 0.29) is 29.7 Å². The standard InChI is InChI=1S/C15H19N3O5/c19-6-3-17-12-10-13(16-4-7-23-8-5-16)14(18(21)22)9-11(12)1-2-15(17)20/h9-10,19H,1-8H2. The van der Waals surface area contributed by atoms with Gasteiger partial charge in [-0.15, -0.1) is 0 Å². The zero-order valence-corrected chi connectivity index (χ0v) is 12.7. The van der Waals surface area contributed by atoms with Crippen molar-refractivity contribution in [2.45, 2.75) is 12.8 Å². The molecule has 1 N–H and O–H groups in total. The summed E-state index contributed by atoms with van der Waals surface area (Å²) in [6.45, 7) is 2.25. The molecule has 2 aliphatic rings. The molecule has 1 aromatic carbocycles. The third kappa shape index (κ3) is 2.99. The molecule has 0 radical (unpaired) electrons. The molecule has 1 saturated heterocycles. The molecule has 124 valence electrons. The van der Waals surface area contributed by atoms with Gasteiger partial charge in [0.1, 0.15) is 5.69 Å². The van der Waals surface area contributed by atoms with Crippen LogP contribution in [-0.4, -0.2) is 55.4 Å². The van der Waals surface area contributed by atoms with Crippen LogP contribution in [0.2, 0.25) is 0 Å². The number of aliphatic hydroxyl groups excluding tert-OH is 1. The van der Waals surface area contributed by atoms with Crippen molar-refractivity contribution in [2.75, 3.05) is 49.3 Å². The number of nitrogens with zero attached hydrogens (tertiary/aromatic N) is 3. The van der Waals surface area contributed by atoms with Gasteiger partial charge in [-0.1, -0.05) is 0 Å². The molecule has 0 bridgehead atoms. The summed E-state index contributed by atoms with van der Waals surface area (Å²) in [6.07, 6.45) is 0.793. The van der Waals surface area contributed by atoms with Crippen molar-refractivity contribution in [3.63, 3.8) is 0 Å². The molecule has 1 aromatic rings. The van der Waals surface area contributed by atoms with E-state index < -0.39 is 0 Å². The first-order chi connectivity index (χ1) is 11.1. The van der Waals surface area contributed by atoms with Gasteiger partial charge in [-0.2, -0.15) is 0 Å². The summed E-state index contributed by atoms with van der Waals surface area (Å²) in [6, 6.07) is 3.28. The Bertz CT molecular complexity index is 628. The Kier molecular flexibility index (Phi) is 4.44. The van der Waals surface area contributed by atoms with Gasteiger partial charge in [0, 0.05) is 37.8 Å². The number of aliphatic hydroxyl groups is 1. The summed E-state index contributed by atoms with van der Waals surface area (Å²) in [5.74, 6) is -0.0617.